The second-order valence-corrected chi connectivity index (χ2v) is 8.06. The van der Waals surface area contributed by atoms with Gasteiger partial charge in [0.15, 0.2) is 0 Å². The summed E-state index contributed by atoms with van der Waals surface area (Å²) in [5.41, 5.74) is 5.87. The number of rotatable bonds is 1. The molecule has 1 aliphatic heterocycles. The van der Waals surface area contributed by atoms with E-state index < -0.39 is 0 Å². The molecule has 0 N–H and O–H groups in total. The lowest BCUT2D eigenvalue weighted by molar-refractivity contribution is -0.122. The Morgan fingerprint density at radius 3 is 2.08 bits per heavy atom. The van der Waals surface area contributed by atoms with E-state index in [-0.39, 0.29) is 35.5 Å². The van der Waals surface area contributed by atoms with E-state index in [0.29, 0.717) is 0 Å². The molecule has 2 saturated carbocycles. The zero-order valence-corrected chi connectivity index (χ0v) is 14.8. The Kier molecular flexibility index (Phi) is 3.13. The Bertz CT molecular complexity index is 821. The Balaban J connectivity index is 1.56. The van der Waals surface area contributed by atoms with Gasteiger partial charge in [-0.25, -0.2) is 4.90 Å². The molecule has 0 spiro atoms. The maximum Gasteiger partial charge on any atom is 0.238 e. The van der Waals surface area contributed by atoms with Gasteiger partial charge in [0.1, 0.15) is 0 Å². The number of hydrogen-bond acceptors (Lipinski definition) is 2. The number of amides is 2. The molecule has 2 amide bonds. The molecule has 1 aromatic carbocycles. The van der Waals surface area contributed by atoms with Crippen LogP contribution >= 0.6 is 0 Å². The van der Waals surface area contributed by atoms with Gasteiger partial charge in [-0.2, -0.15) is 0 Å². The van der Waals surface area contributed by atoms with Crippen molar-refractivity contribution in [3.63, 3.8) is 0 Å². The van der Waals surface area contributed by atoms with Crippen LogP contribution in [0.3, 0.4) is 0 Å². The number of hydrogen-bond donors (Lipinski definition) is 0. The molecule has 2 bridgehead atoms. The van der Waals surface area contributed by atoms with Crippen molar-refractivity contribution in [3.8, 4) is 0 Å². The summed E-state index contributed by atoms with van der Waals surface area (Å²) in [6.45, 7) is 4.01. The van der Waals surface area contributed by atoms with Crippen molar-refractivity contribution in [2.45, 2.75) is 39.5 Å². The molecule has 1 saturated heterocycles. The van der Waals surface area contributed by atoms with Crippen LogP contribution in [0.2, 0.25) is 0 Å². The fourth-order valence-corrected chi connectivity index (χ4v) is 5.62. The molecule has 1 heterocycles. The van der Waals surface area contributed by atoms with Crippen molar-refractivity contribution < 1.29 is 9.59 Å². The first-order valence-electron chi connectivity index (χ1n) is 9.43. The normalized spacial score (nSPS) is 33.1. The zero-order chi connectivity index (χ0) is 17.3. The Hall–Kier alpha value is -2.16. The molecule has 25 heavy (non-hydrogen) atoms. The number of carbonyl (C=O) groups is 2. The van der Waals surface area contributed by atoms with Crippen LogP contribution in [0.1, 0.15) is 36.8 Å². The summed E-state index contributed by atoms with van der Waals surface area (Å²) in [6, 6.07) is 5.95. The van der Waals surface area contributed by atoms with Crippen LogP contribution in [0.15, 0.2) is 41.5 Å². The second kappa shape index (κ2) is 5.17. The van der Waals surface area contributed by atoms with E-state index in [1.165, 1.54) is 28.9 Å². The van der Waals surface area contributed by atoms with Crippen LogP contribution in [0.5, 0.6) is 0 Å². The summed E-state index contributed by atoms with van der Waals surface area (Å²) in [5.74, 6) is -0.00647. The zero-order valence-electron chi connectivity index (χ0n) is 14.8. The van der Waals surface area contributed by atoms with Crippen molar-refractivity contribution in [1.82, 2.24) is 0 Å². The molecule has 3 fully saturated rings. The number of benzene rings is 1. The van der Waals surface area contributed by atoms with Crippen LogP contribution in [0, 0.1) is 37.5 Å². The van der Waals surface area contributed by atoms with Crippen molar-refractivity contribution in [2.75, 3.05) is 4.90 Å². The number of nitrogens with zero attached hydrogens (tertiary/aromatic N) is 1. The molecular weight excluding hydrogens is 310 g/mol. The molecule has 3 heteroatoms. The Labute approximate surface area is 148 Å². The summed E-state index contributed by atoms with van der Waals surface area (Å²) in [4.78, 5) is 27.9. The van der Waals surface area contributed by atoms with Gasteiger partial charge in [-0.15, -0.1) is 0 Å². The quantitative estimate of drug-likeness (QED) is 0.573. The average molecular weight is 333 g/mol. The largest absolute Gasteiger partial charge is 0.274 e. The lowest BCUT2D eigenvalue weighted by Crippen LogP contribution is -2.33. The van der Waals surface area contributed by atoms with Gasteiger partial charge >= 0.3 is 0 Å². The summed E-state index contributed by atoms with van der Waals surface area (Å²) in [5, 5.41) is 0. The topological polar surface area (TPSA) is 37.4 Å². The van der Waals surface area contributed by atoms with Crippen molar-refractivity contribution in [1.29, 1.82) is 0 Å². The molecule has 0 unspecified atom stereocenters. The lowest BCUT2D eigenvalue weighted by Gasteiger charge is -2.21. The summed E-state index contributed by atoms with van der Waals surface area (Å²) >= 11 is 0. The minimum absolute atomic E-state index is 0.00917. The third-order valence-electron chi connectivity index (χ3n) is 6.62. The Morgan fingerprint density at radius 2 is 1.52 bits per heavy atom. The number of carbonyl (C=O) groups excluding carboxylic acids is 2. The van der Waals surface area contributed by atoms with Gasteiger partial charge in [0.25, 0.3) is 0 Å². The standard InChI is InChI=1S/C22H23NO2/c1-12-7-10-17(13(2)11-12)23-21(24)19-15-8-9-16(20(19)22(23)25)18(15)14-5-3-4-6-14/h7-11,15-16,19-20H,3-6H2,1-2H3/t15-,16-,19-,20+/m1/s1. The van der Waals surface area contributed by atoms with Crippen LogP contribution < -0.4 is 4.90 Å². The number of anilines is 1. The van der Waals surface area contributed by atoms with Gasteiger partial charge in [-0.3, -0.25) is 9.59 Å². The molecule has 3 nitrogen and oxygen atoms in total. The molecule has 128 valence electrons. The third kappa shape index (κ3) is 1.92. The molecule has 5 rings (SSSR count). The minimum atomic E-state index is -0.175. The third-order valence-corrected chi connectivity index (χ3v) is 6.62. The summed E-state index contributed by atoms with van der Waals surface area (Å²) in [7, 11) is 0. The van der Waals surface area contributed by atoms with Crippen LogP contribution in [-0.2, 0) is 9.59 Å². The molecule has 0 aromatic heterocycles. The first kappa shape index (κ1) is 15.1. The maximum atomic E-state index is 13.2. The van der Waals surface area contributed by atoms with E-state index in [2.05, 4.69) is 12.2 Å². The molecule has 1 aromatic rings. The molecule has 4 aliphatic rings. The SMILES string of the molecule is Cc1ccc(N2C(=O)[C@@H]3[C@H](C2=O)[C@@H]2C=C[C@@H]3C2=C2CCCC2)c(C)c1. The predicted octanol–water partition coefficient (Wildman–Crippen LogP) is 4.10. The number of fused-ring (bicyclic) bond motifs is 5. The monoisotopic (exact) mass is 333 g/mol. The highest BCUT2D eigenvalue weighted by Gasteiger charge is 2.62. The van der Waals surface area contributed by atoms with Crippen molar-refractivity contribution in [3.05, 3.63) is 52.6 Å². The van der Waals surface area contributed by atoms with Crippen molar-refractivity contribution in [2.24, 2.45) is 23.7 Å². The molecular formula is C22H23NO2. The predicted molar refractivity (Wildman–Crippen MR) is 97.0 cm³/mol. The van der Waals surface area contributed by atoms with E-state index in [9.17, 15) is 9.59 Å². The summed E-state index contributed by atoms with van der Waals surface area (Å²) < 4.78 is 0. The van der Waals surface area contributed by atoms with Gasteiger partial charge in [0.2, 0.25) is 11.8 Å². The van der Waals surface area contributed by atoms with E-state index in [1.54, 1.807) is 0 Å². The minimum Gasteiger partial charge on any atom is -0.274 e. The first-order valence-corrected chi connectivity index (χ1v) is 9.43. The van der Waals surface area contributed by atoms with Crippen LogP contribution in [-0.4, -0.2) is 11.8 Å². The molecule has 3 aliphatic carbocycles. The fraction of sp³-hybridized carbons (Fsp3) is 0.455. The molecule has 0 radical (unpaired) electrons. The van der Waals surface area contributed by atoms with Gasteiger partial charge in [-0.1, -0.05) is 41.0 Å². The highest BCUT2D eigenvalue weighted by Crippen LogP contribution is 2.58. The van der Waals surface area contributed by atoms with E-state index >= 15 is 0 Å². The van der Waals surface area contributed by atoms with E-state index in [1.807, 2.05) is 32.0 Å². The van der Waals surface area contributed by atoms with Crippen molar-refractivity contribution >= 4 is 17.5 Å². The number of aryl methyl sites for hydroxylation is 2. The van der Waals surface area contributed by atoms with Gasteiger partial charge in [0, 0.05) is 11.8 Å². The molecule has 4 atom stereocenters. The highest BCUT2D eigenvalue weighted by atomic mass is 16.2. The maximum absolute atomic E-state index is 13.2. The van der Waals surface area contributed by atoms with Crippen LogP contribution in [0.25, 0.3) is 0 Å². The van der Waals surface area contributed by atoms with Crippen LogP contribution in [0.4, 0.5) is 5.69 Å². The van der Waals surface area contributed by atoms with Gasteiger partial charge in [-0.05, 0) is 51.2 Å². The van der Waals surface area contributed by atoms with Gasteiger partial charge < -0.3 is 0 Å². The van der Waals surface area contributed by atoms with E-state index in [0.717, 1.165) is 29.7 Å². The lowest BCUT2D eigenvalue weighted by atomic mass is 9.85. The Morgan fingerprint density at radius 1 is 0.920 bits per heavy atom. The smallest absolute Gasteiger partial charge is 0.238 e. The fourth-order valence-electron chi connectivity index (χ4n) is 5.62. The van der Waals surface area contributed by atoms with Gasteiger partial charge in [0.05, 0.1) is 17.5 Å². The first-order chi connectivity index (χ1) is 12.1. The second-order valence-electron chi connectivity index (χ2n) is 8.06. The highest BCUT2D eigenvalue weighted by molar-refractivity contribution is 6.23. The van der Waals surface area contributed by atoms with E-state index in [4.69, 9.17) is 0 Å². The summed E-state index contributed by atoms with van der Waals surface area (Å²) in [6.07, 6.45) is 9.22. The average Bonchev–Trinajstić information content (AvgIpc) is 3.32. The number of allylic oxidation sites excluding steroid dienone is 4. The number of imide groups is 1.